The predicted molar refractivity (Wildman–Crippen MR) is 240 cm³/mol. The highest BCUT2D eigenvalue weighted by Crippen LogP contribution is 2.27. The van der Waals surface area contributed by atoms with E-state index in [1.807, 2.05) is 67.3 Å². The van der Waals surface area contributed by atoms with Gasteiger partial charge in [0.15, 0.2) is 5.82 Å². The lowest BCUT2D eigenvalue weighted by Gasteiger charge is -2.21. The van der Waals surface area contributed by atoms with Crippen molar-refractivity contribution in [1.82, 2.24) is 25.1 Å². The molecular weight excluding hydrogens is 829 g/mol. The van der Waals surface area contributed by atoms with Crippen LogP contribution in [0.2, 0.25) is 0 Å². The Kier molecular flexibility index (Phi) is 20.9. The number of hydrazine groups is 1. The molecular formula is C41H52N8O8S3. The van der Waals surface area contributed by atoms with Crippen molar-refractivity contribution < 1.29 is 38.8 Å². The van der Waals surface area contributed by atoms with E-state index >= 15 is 0 Å². The van der Waals surface area contributed by atoms with Crippen LogP contribution in [-0.2, 0) is 19.1 Å². The van der Waals surface area contributed by atoms with Gasteiger partial charge in [-0.25, -0.2) is 15.0 Å². The highest BCUT2D eigenvalue weighted by Gasteiger charge is 2.30. The largest absolute Gasteiger partial charge is 0.476 e. The summed E-state index contributed by atoms with van der Waals surface area (Å²) in [6.07, 6.45) is 9.16. The maximum absolute atomic E-state index is 12.2. The molecule has 0 bridgehead atoms. The third-order valence-electron chi connectivity index (χ3n) is 8.26. The Hall–Kier alpha value is -5.31. The van der Waals surface area contributed by atoms with Crippen molar-refractivity contribution in [2.75, 3.05) is 46.2 Å². The van der Waals surface area contributed by atoms with E-state index in [1.165, 1.54) is 49.5 Å². The summed E-state index contributed by atoms with van der Waals surface area (Å²) in [4.78, 5) is 52.8. The number of esters is 2. The van der Waals surface area contributed by atoms with Gasteiger partial charge >= 0.3 is 11.9 Å². The number of carbonyl (C=O) groups is 3. The number of benzene rings is 2. The van der Waals surface area contributed by atoms with E-state index in [9.17, 15) is 14.4 Å². The fraction of sp³-hybridized carbons (Fsp3) is 0.317. The number of amides is 1. The molecule has 0 saturated carbocycles. The van der Waals surface area contributed by atoms with Gasteiger partial charge in [0, 0.05) is 46.8 Å². The van der Waals surface area contributed by atoms with Crippen LogP contribution in [0.15, 0.2) is 95.3 Å². The predicted octanol–water partition coefficient (Wildman–Crippen LogP) is 6.38. The quantitative estimate of drug-likeness (QED) is 0.0290. The second-order valence-electron chi connectivity index (χ2n) is 13.5. The molecule has 2 aromatic carbocycles. The lowest BCUT2D eigenvalue weighted by molar-refractivity contribution is -0.153. The second kappa shape index (κ2) is 24.7. The molecule has 60 heavy (non-hydrogen) atoms. The van der Waals surface area contributed by atoms with Crippen molar-refractivity contribution >= 4 is 57.5 Å². The highest BCUT2D eigenvalue weighted by molar-refractivity contribution is 8.38. The highest BCUT2D eigenvalue weighted by atomic mass is 32.2. The van der Waals surface area contributed by atoms with Crippen LogP contribution in [0.3, 0.4) is 0 Å². The number of nitrogens with two attached hydrogens (primary N) is 2. The molecule has 1 amide bonds. The van der Waals surface area contributed by atoms with Gasteiger partial charge < -0.3 is 24.4 Å². The van der Waals surface area contributed by atoms with Gasteiger partial charge in [-0.2, -0.15) is 4.99 Å². The van der Waals surface area contributed by atoms with Crippen molar-refractivity contribution in [2.45, 2.75) is 32.9 Å². The number of pyridine rings is 2. The molecule has 0 aliphatic carbocycles. The van der Waals surface area contributed by atoms with Gasteiger partial charge in [-0.3, -0.25) is 31.2 Å². The SMILES string of the molecule is COC(=O)C(C)(C)COc1ccc(-c2ccc(-c3nc(SC)n[nH]3)cc2)cn1.COC(=O)C(C)(C)COc1ccc(-c2ccc(C(=O)N=C(SC)SC)cc2)cn1.NN.O. The van der Waals surface area contributed by atoms with Crippen LogP contribution < -0.4 is 21.2 Å². The number of rotatable bonds is 13. The van der Waals surface area contributed by atoms with Crippen molar-refractivity contribution in [3.8, 4) is 45.4 Å². The number of ether oxygens (including phenoxy) is 4. The molecule has 0 saturated heterocycles. The lowest BCUT2D eigenvalue weighted by atomic mass is 9.95. The normalized spacial score (nSPS) is 10.7. The smallest absolute Gasteiger partial charge is 0.314 e. The standard InChI is InChI=1S/C21H24N2O4S2.C20H22N4O3S.H4N2.H2O/c1-21(2,19(25)26-3)13-27-17-11-10-16(12-22-17)14-6-8-15(9-7-14)18(24)23-20(28-4)29-5;1-20(2,18(25)26-3)12-27-16-10-9-15(11-21-16)13-5-7-14(8-6-13)17-22-19(28-4)24-23-17;1-2;/h6-12H,13H2,1-5H3;5-11H,12H2,1-4H3,(H,22,23,24);1-2H2;1H2. The molecule has 5 aromatic rings. The first-order valence-corrected chi connectivity index (χ1v) is 21.5. The van der Waals surface area contributed by atoms with Crippen molar-refractivity contribution in [2.24, 2.45) is 27.5 Å². The van der Waals surface area contributed by atoms with Gasteiger partial charge in [-0.1, -0.05) is 48.2 Å². The maximum atomic E-state index is 12.2. The zero-order valence-corrected chi connectivity index (χ0v) is 37.4. The minimum absolute atomic E-state index is 0. The number of carbonyl (C=O) groups excluding carboxylic acids is 3. The molecule has 0 unspecified atom stereocenters. The summed E-state index contributed by atoms with van der Waals surface area (Å²) in [6, 6.07) is 22.6. The van der Waals surface area contributed by atoms with Crippen LogP contribution in [0.5, 0.6) is 11.8 Å². The molecule has 322 valence electrons. The monoisotopic (exact) mass is 880 g/mol. The van der Waals surface area contributed by atoms with Crippen molar-refractivity contribution in [3.63, 3.8) is 0 Å². The number of aliphatic imine (C=N–C) groups is 1. The number of methoxy groups -OCH3 is 2. The number of hydrogen-bond donors (Lipinski definition) is 3. The Labute approximate surface area is 362 Å². The Morgan fingerprint density at radius 2 is 1.08 bits per heavy atom. The van der Waals surface area contributed by atoms with E-state index < -0.39 is 10.8 Å². The third kappa shape index (κ3) is 14.8. The first kappa shape index (κ1) is 50.8. The zero-order chi connectivity index (χ0) is 43.6. The second-order valence-corrected chi connectivity index (χ2v) is 16.1. The number of nitrogens with one attached hydrogen (secondary N) is 1. The fourth-order valence-corrected chi connectivity index (χ4v) is 6.20. The number of hydrogen-bond acceptors (Lipinski definition) is 16. The summed E-state index contributed by atoms with van der Waals surface area (Å²) in [5.41, 5.74) is 3.82. The summed E-state index contributed by atoms with van der Waals surface area (Å²) < 4.78 is 21.5. The third-order valence-corrected chi connectivity index (χ3v) is 10.7. The van der Waals surface area contributed by atoms with Crippen molar-refractivity contribution in [3.05, 3.63) is 90.8 Å². The average molecular weight is 881 g/mol. The summed E-state index contributed by atoms with van der Waals surface area (Å²) >= 11 is 4.39. The first-order valence-electron chi connectivity index (χ1n) is 17.8. The lowest BCUT2D eigenvalue weighted by Crippen LogP contribution is -2.32. The molecule has 19 heteroatoms. The number of aromatic amines is 1. The molecule has 0 radical (unpaired) electrons. The molecule has 0 aliphatic rings. The summed E-state index contributed by atoms with van der Waals surface area (Å²) in [7, 11) is 2.72. The van der Waals surface area contributed by atoms with Crippen LogP contribution in [-0.4, -0.2) is 99.0 Å². The van der Waals surface area contributed by atoms with Crippen molar-refractivity contribution in [1.29, 1.82) is 0 Å². The number of nitrogens with zero attached hydrogens (tertiary/aromatic N) is 5. The van der Waals surface area contributed by atoms with E-state index in [0.717, 1.165) is 38.0 Å². The number of aromatic nitrogens is 5. The first-order chi connectivity index (χ1) is 28.2. The molecule has 3 heterocycles. The van der Waals surface area contributed by atoms with Gasteiger partial charge in [-0.05, 0) is 81.9 Å². The Bertz CT molecular complexity index is 2130. The Balaban J connectivity index is 0.000000391. The molecule has 5 rings (SSSR count). The minimum atomic E-state index is -0.758. The van der Waals surface area contributed by atoms with Crippen LogP contribution in [0, 0.1) is 10.8 Å². The molecule has 3 aromatic heterocycles. The van der Waals surface area contributed by atoms with E-state index in [1.54, 1.807) is 64.4 Å². The van der Waals surface area contributed by atoms with Crippen LogP contribution in [0.25, 0.3) is 33.6 Å². The van der Waals surface area contributed by atoms with Gasteiger partial charge in [0.2, 0.25) is 16.9 Å². The van der Waals surface area contributed by atoms with Crippen LogP contribution in [0.4, 0.5) is 0 Å². The minimum Gasteiger partial charge on any atom is -0.476 e. The Morgan fingerprint density at radius 1 is 0.667 bits per heavy atom. The number of H-pyrrole nitrogens is 1. The zero-order valence-electron chi connectivity index (χ0n) is 35.0. The molecule has 0 fully saturated rings. The van der Waals surface area contributed by atoms with Gasteiger partial charge in [-0.15, -0.1) is 28.6 Å². The van der Waals surface area contributed by atoms with E-state index in [2.05, 4.69) is 41.8 Å². The van der Waals surface area contributed by atoms with E-state index in [-0.39, 0.29) is 36.5 Å². The van der Waals surface area contributed by atoms with Gasteiger partial charge in [0.05, 0.1) is 25.0 Å². The van der Waals surface area contributed by atoms with E-state index in [4.69, 9.17) is 18.9 Å². The topological polar surface area (TPSA) is 251 Å². The maximum Gasteiger partial charge on any atom is 0.314 e. The van der Waals surface area contributed by atoms with Crippen LogP contribution >= 0.6 is 35.3 Å². The Morgan fingerprint density at radius 3 is 1.45 bits per heavy atom. The molecule has 16 nitrogen and oxygen atoms in total. The molecule has 0 atom stereocenters. The van der Waals surface area contributed by atoms with Crippen LogP contribution in [0.1, 0.15) is 38.1 Å². The molecule has 0 aliphatic heterocycles. The van der Waals surface area contributed by atoms with Gasteiger partial charge in [0.25, 0.3) is 5.91 Å². The van der Waals surface area contributed by atoms with Gasteiger partial charge in [0.1, 0.15) is 17.6 Å². The molecule has 7 N–H and O–H groups in total. The average Bonchev–Trinajstić information content (AvgIpc) is 3.77. The van der Waals surface area contributed by atoms with E-state index in [0.29, 0.717) is 22.5 Å². The fourth-order valence-electron chi connectivity index (χ4n) is 4.87. The summed E-state index contributed by atoms with van der Waals surface area (Å²) in [6.45, 7) is 7.40. The molecule has 0 spiro atoms. The summed E-state index contributed by atoms with van der Waals surface area (Å²) in [5.74, 6) is 8.71. The number of thioether (sulfide) groups is 3. The summed E-state index contributed by atoms with van der Waals surface area (Å²) in [5, 5.41) is 7.78.